The first-order valence-electron chi connectivity index (χ1n) is 25.9. The van der Waals surface area contributed by atoms with Crippen molar-refractivity contribution in [3.63, 3.8) is 0 Å². The molecule has 0 aliphatic carbocycles. The molecule has 0 aromatic carbocycles. The highest BCUT2D eigenvalue weighted by molar-refractivity contribution is 5.76. The van der Waals surface area contributed by atoms with Crippen molar-refractivity contribution in [3.8, 4) is 0 Å². The van der Waals surface area contributed by atoms with Crippen LogP contribution in [-0.2, 0) is 14.3 Å². The number of hydrogen-bond acceptors (Lipinski definition) is 5. The predicted octanol–water partition coefficient (Wildman–Crippen LogP) is 15.5. The highest BCUT2D eigenvalue weighted by Crippen LogP contribution is 2.14. The number of carbonyl (C=O) groups is 2. The standard InChI is InChI=1S/C54H99NO5/c1-3-5-7-9-11-13-14-15-16-17-18-22-25-28-32-36-40-44-48-54(59)60-49-45-41-37-33-29-26-23-20-19-21-24-27-31-35-39-43-47-53(58)55-51(50-56)52(57)46-42-38-34-30-12-10-8-6-4-2/h13-14,16-17,19,21,42,46,51-52,56-57H,3-12,15,18,20,22-41,43-45,47-50H2,1-2H3,(H,55,58)/b14-13-,17-16-,21-19-,46-42+. The van der Waals surface area contributed by atoms with Gasteiger partial charge in [-0.05, 0) is 89.9 Å². The maximum absolute atomic E-state index is 12.4. The van der Waals surface area contributed by atoms with Crippen molar-refractivity contribution in [1.82, 2.24) is 5.32 Å². The molecule has 350 valence electrons. The molecule has 0 rings (SSSR count). The summed E-state index contributed by atoms with van der Waals surface area (Å²) in [4.78, 5) is 24.4. The molecule has 0 fully saturated rings. The second kappa shape index (κ2) is 49.5. The molecule has 0 heterocycles. The quantitative estimate of drug-likeness (QED) is 0.0322. The first kappa shape index (κ1) is 57.8. The predicted molar refractivity (Wildman–Crippen MR) is 259 cm³/mol. The number of aliphatic hydroxyl groups excluding tert-OH is 2. The van der Waals surface area contributed by atoms with E-state index in [9.17, 15) is 19.8 Å². The van der Waals surface area contributed by atoms with Crippen LogP contribution >= 0.6 is 0 Å². The molecule has 2 atom stereocenters. The molecule has 0 saturated heterocycles. The molecule has 0 saturated carbocycles. The highest BCUT2D eigenvalue weighted by atomic mass is 16.5. The number of amides is 1. The molecule has 2 unspecified atom stereocenters. The molecule has 3 N–H and O–H groups in total. The second-order valence-corrected chi connectivity index (χ2v) is 17.5. The van der Waals surface area contributed by atoms with E-state index < -0.39 is 12.1 Å². The minimum absolute atomic E-state index is 0.0125. The average molecular weight is 842 g/mol. The van der Waals surface area contributed by atoms with Crippen LogP contribution in [0.2, 0.25) is 0 Å². The first-order valence-corrected chi connectivity index (χ1v) is 25.9. The summed E-state index contributed by atoms with van der Waals surface area (Å²) in [5, 5.41) is 22.9. The normalized spacial score (nSPS) is 13.1. The number of nitrogens with one attached hydrogen (secondary N) is 1. The average Bonchev–Trinajstić information content (AvgIpc) is 3.25. The molecular formula is C54H99NO5. The zero-order valence-electron chi connectivity index (χ0n) is 39.7. The molecule has 6 heteroatoms. The van der Waals surface area contributed by atoms with Gasteiger partial charge in [-0.2, -0.15) is 0 Å². The lowest BCUT2D eigenvalue weighted by Gasteiger charge is -2.20. The fourth-order valence-corrected chi connectivity index (χ4v) is 7.54. The summed E-state index contributed by atoms with van der Waals surface area (Å²) < 4.78 is 5.47. The number of ether oxygens (including phenoxy) is 1. The minimum Gasteiger partial charge on any atom is -0.466 e. The molecule has 0 radical (unpaired) electrons. The zero-order valence-corrected chi connectivity index (χ0v) is 39.7. The molecule has 1 amide bonds. The van der Waals surface area contributed by atoms with Crippen LogP contribution in [0.4, 0.5) is 0 Å². The van der Waals surface area contributed by atoms with E-state index in [1.807, 2.05) is 6.08 Å². The van der Waals surface area contributed by atoms with Gasteiger partial charge in [0.2, 0.25) is 5.91 Å². The second-order valence-electron chi connectivity index (χ2n) is 17.5. The van der Waals surface area contributed by atoms with Crippen LogP contribution in [0.3, 0.4) is 0 Å². The highest BCUT2D eigenvalue weighted by Gasteiger charge is 2.18. The SMILES string of the molecule is CCCCCC/C=C\C/C=C\CCCCCCCCCC(=O)OCCCCCCCCC/C=C\CCCCCCCC(=O)NC(CO)C(O)/C=C/CCCCCCCCC. The molecule has 0 aromatic heterocycles. The van der Waals surface area contributed by atoms with E-state index in [-0.39, 0.29) is 18.5 Å². The van der Waals surface area contributed by atoms with E-state index in [0.717, 1.165) is 70.6 Å². The Kier molecular flexibility index (Phi) is 47.7. The fourth-order valence-electron chi connectivity index (χ4n) is 7.54. The van der Waals surface area contributed by atoms with E-state index in [1.165, 1.54) is 161 Å². The monoisotopic (exact) mass is 842 g/mol. The van der Waals surface area contributed by atoms with Gasteiger partial charge in [0.25, 0.3) is 0 Å². The lowest BCUT2D eigenvalue weighted by Crippen LogP contribution is -2.45. The van der Waals surface area contributed by atoms with Crippen LogP contribution in [0, 0.1) is 0 Å². The summed E-state index contributed by atoms with van der Waals surface area (Å²) in [5.74, 6) is -0.102. The van der Waals surface area contributed by atoms with Gasteiger partial charge >= 0.3 is 5.97 Å². The van der Waals surface area contributed by atoms with Crippen molar-refractivity contribution in [3.05, 3.63) is 48.6 Å². The minimum atomic E-state index is -0.853. The third kappa shape index (κ3) is 45.3. The first-order chi connectivity index (χ1) is 29.5. The molecule has 6 nitrogen and oxygen atoms in total. The van der Waals surface area contributed by atoms with Crippen LogP contribution in [0.25, 0.3) is 0 Å². The smallest absolute Gasteiger partial charge is 0.305 e. The number of carbonyl (C=O) groups excluding carboxylic acids is 2. The van der Waals surface area contributed by atoms with Crippen molar-refractivity contribution < 1.29 is 24.5 Å². The Hall–Kier alpha value is -2.18. The summed E-state index contributed by atoms with van der Waals surface area (Å²) >= 11 is 0. The Morgan fingerprint density at radius 3 is 1.30 bits per heavy atom. The summed E-state index contributed by atoms with van der Waals surface area (Å²) in [6, 6.07) is -0.639. The summed E-state index contributed by atoms with van der Waals surface area (Å²) in [6.07, 6.45) is 61.2. The lowest BCUT2D eigenvalue weighted by molar-refractivity contribution is -0.143. The number of hydrogen-bond donors (Lipinski definition) is 3. The van der Waals surface area contributed by atoms with Crippen molar-refractivity contribution >= 4 is 11.9 Å². The van der Waals surface area contributed by atoms with Gasteiger partial charge in [-0.25, -0.2) is 0 Å². The fraction of sp³-hybridized carbons (Fsp3) is 0.815. The van der Waals surface area contributed by atoms with Gasteiger partial charge < -0.3 is 20.3 Å². The van der Waals surface area contributed by atoms with Crippen molar-refractivity contribution in [2.24, 2.45) is 0 Å². The van der Waals surface area contributed by atoms with Crippen molar-refractivity contribution in [2.45, 2.75) is 270 Å². The number of unbranched alkanes of at least 4 members (excludes halogenated alkanes) is 30. The van der Waals surface area contributed by atoms with Crippen LogP contribution < -0.4 is 5.32 Å². The number of aliphatic hydroxyl groups is 2. The van der Waals surface area contributed by atoms with Gasteiger partial charge in [0.1, 0.15) is 0 Å². The van der Waals surface area contributed by atoms with Crippen molar-refractivity contribution in [1.29, 1.82) is 0 Å². The Morgan fingerprint density at radius 1 is 0.467 bits per heavy atom. The van der Waals surface area contributed by atoms with Gasteiger partial charge in [-0.1, -0.05) is 204 Å². The summed E-state index contributed by atoms with van der Waals surface area (Å²) in [6.45, 7) is 4.82. The van der Waals surface area contributed by atoms with Gasteiger partial charge in [0, 0.05) is 12.8 Å². The Labute approximate surface area is 372 Å². The van der Waals surface area contributed by atoms with Gasteiger partial charge in [-0.3, -0.25) is 9.59 Å². The van der Waals surface area contributed by atoms with Crippen LogP contribution in [-0.4, -0.2) is 47.4 Å². The van der Waals surface area contributed by atoms with Crippen molar-refractivity contribution in [2.75, 3.05) is 13.2 Å². The zero-order chi connectivity index (χ0) is 43.7. The van der Waals surface area contributed by atoms with E-state index in [1.54, 1.807) is 6.08 Å². The van der Waals surface area contributed by atoms with Gasteiger partial charge in [0.05, 0.1) is 25.4 Å². The summed E-state index contributed by atoms with van der Waals surface area (Å²) in [5.41, 5.74) is 0. The Morgan fingerprint density at radius 2 is 0.833 bits per heavy atom. The molecule has 0 aliphatic heterocycles. The molecule has 60 heavy (non-hydrogen) atoms. The third-order valence-electron chi connectivity index (χ3n) is 11.6. The van der Waals surface area contributed by atoms with E-state index in [4.69, 9.17) is 4.74 Å². The third-order valence-corrected chi connectivity index (χ3v) is 11.6. The maximum Gasteiger partial charge on any atom is 0.305 e. The van der Waals surface area contributed by atoms with Crippen LogP contribution in [0.15, 0.2) is 48.6 Å². The van der Waals surface area contributed by atoms with E-state index >= 15 is 0 Å². The summed E-state index contributed by atoms with van der Waals surface area (Å²) in [7, 11) is 0. The maximum atomic E-state index is 12.4. The lowest BCUT2D eigenvalue weighted by atomic mass is 10.1. The Balaban J connectivity index is 3.47. The molecule has 0 aliphatic rings. The molecule has 0 bridgehead atoms. The number of rotatable bonds is 47. The molecular weight excluding hydrogens is 743 g/mol. The number of esters is 1. The largest absolute Gasteiger partial charge is 0.466 e. The molecule has 0 spiro atoms. The van der Waals surface area contributed by atoms with Crippen LogP contribution in [0.1, 0.15) is 258 Å². The van der Waals surface area contributed by atoms with Gasteiger partial charge in [0.15, 0.2) is 0 Å². The van der Waals surface area contributed by atoms with Gasteiger partial charge in [-0.15, -0.1) is 0 Å². The van der Waals surface area contributed by atoms with E-state index in [2.05, 4.69) is 55.6 Å². The molecule has 0 aromatic rings. The number of allylic oxidation sites excluding steroid dienone is 7. The topological polar surface area (TPSA) is 95.9 Å². The van der Waals surface area contributed by atoms with E-state index in [0.29, 0.717) is 19.4 Å². The van der Waals surface area contributed by atoms with Crippen LogP contribution in [0.5, 0.6) is 0 Å². The Bertz CT molecular complexity index is 1020.